The number of para-hydroxylation sites is 2. The van der Waals surface area contributed by atoms with Gasteiger partial charge < -0.3 is 4.74 Å². The summed E-state index contributed by atoms with van der Waals surface area (Å²) in [6.45, 7) is 1.47. The maximum Gasteiger partial charge on any atom is 0.279 e. The number of carbonyl (C=O) groups is 2. The van der Waals surface area contributed by atoms with Gasteiger partial charge in [0.2, 0.25) is 5.91 Å². The van der Waals surface area contributed by atoms with Crippen LogP contribution in [-0.4, -0.2) is 22.9 Å². The minimum Gasteiger partial charge on any atom is -0.478 e. The van der Waals surface area contributed by atoms with Crippen molar-refractivity contribution in [1.82, 2.24) is 15.8 Å². The van der Waals surface area contributed by atoms with Gasteiger partial charge in [-0.3, -0.25) is 20.4 Å². The first-order valence-corrected chi connectivity index (χ1v) is 9.19. The molecule has 1 atom stereocenters. The van der Waals surface area contributed by atoms with Crippen molar-refractivity contribution in [2.24, 2.45) is 0 Å². The van der Waals surface area contributed by atoms with Gasteiger partial charge in [-0.15, -0.1) is 11.3 Å². The van der Waals surface area contributed by atoms with E-state index in [2.05, 4.69) is 15.8 Å². The summed E-state index contributed by atoms with van der Waals surface area (Å²) in [5.41, 5.74) is 5.52. The molecule has 0 radical (unpaired) electrons. The maximum atomic E-state index is 13.5. The molecule has 8 heteroatoms. The minimum absolute atomic E-state index is 0.0256. The molecule has 2 amide bonds. The highest BCUT2D eigenvalue weighted by Gasteiger charge is 2.17. The molecule has 1 heterocycles. The second kappa shape index (κ2) is 8.59. The average molecular weight is 387 g/mol. The number of fused-ring (bicyclic) bond motifs is 1. The molecular formula is C19H18FN3O3S. The van der Waals surface area contributed by atoms with Crippen molar-refractivity contribution in [2.45, 2.75) is 25.9 Å². The molecule has 1 aromatic heterocycles. The summed E-state index contributed by atoms with van der Waals surface area (Å²) in [6, 6.07) is 13.6. The zero-order valence-corrected chi connectivity index (χ0v) is 15.4. The lowest BCUT2D eigenvalue weighted by molar-refractivity contribution is -0.132. The van der Waals surface area contributed by atoms with Crippen molar-refractivity contribution < 1.29 is 18.7 Å². The number of nitrogens with one attached hydrogen (secondary N) is 2. The lowest BCUT2D eigenvalue weighted by atomic mass is 10.3. The van der Waals surface area contributed by atoms with E-state index < -0.39 is 17.8 Å². The van der Waals surface area contributed by atoms with Gasteiger partial charge in [-0.2, -0.15) is 0 Å². The fourth-order valence-corrected chi connectivity index (χ4v) is 3.29. The van der Waals surface area contributed by atoms with E-state index in [0.717, 1.165) is 15.2 Å². The number of hydrogen-bond donors (Lipinski definition) is 2. The van der Waals surface area contributed by atoms with Crippen molar-refractivity contribution in [3.63, 3.8) is 0 Å². The maximum absolute atomic E-state index is 13.5. The van der Waals surface area contributed by atoms with E-state index in [9.17, 15) is 14.0 Å². The van der Waals surface area contributed by atoms with Crippen molar-refractivity contribution in [2.75, 3.05) is 0 Å². The van der Waals surface area contributed by atoms with Crippen LogP contribution in [0.25, 0.3) is 10.2 Å². The number of ether oxygens (including phenoxy) is 1. The third kappa shape index (κ3) is 5.01. The number of rotatable bonds is 6. The summed E-state index contributed by atoms with van der Waals surface area (Å²) < 4.78 is 19.9. The summed E-state index contributed by atoms with van der Waals surface area (Å²) in [6.07, 6.45) is -0.309. The summed E-state index contributed by atoms with van der Waals surface area (Å²) in [4.78, 5) is 28.4. The first-order valence-electron chi connectivity index (χ1n) is 8.37. The zero-order chi connectivity index (χ0) is 19.2. The summed E-state index contributed by atoms with van der Waals surface area (Å²) in [7, 11) is 0. The number of benzene rings is 2. The number of thiazole rings is 1. The highest BCUT2D eigenvalue weighted by molar-refractivity contribution is 7.18. The SMILES string of the molecule is C[C@H](Oc1ccccc1F)C(=O)NNC(=O)CCc1nc2ccccc2s1. The number of aryl methyl sites for hydroxylation is 1. The number of nitrogens with zero attached hydrogens (tertiary/aromatic N) is 1. The lowest BCUT2D eigenvalue weighted by Gasteiger charge is -2.15. The zero-order valence-electron chi connectivity index (χ0n) is 14.6. The van der Waals surface area contributed by atoms with Crippen LogP contribution in [0.5, 0.6) is 5.75 Å². The number of hydrazine groups is 1. The van der Waals surface area contributed by atoms with Crippen LogP contribution in [0.3, 0.4) is 0 Å². The standard InChI is InChI=1S/C19H18FN3O3S/c1-12(26-15-8-4-2-6-13(15)20)19(25)23-22-17(24)10-11-18-21-14-7-3-5-9-16(14)27-18/h2-9,12H,10-11H2,1H3,(H,22,24)(H,23,25)/t12-/m0/s1. The quantitative estimate of drug-likeness (QED) is 0.637. The number of carbonyl (C=O) groups excluding carboxylic acids is 2. The van der Waals surface area contributed by atoms with Gasteiger partial charge in [-0.1, -0.05) is 24.3 Å². The van der Waals surface area contributed by atoms with Crippen molar-refractivity contribution in [3.05, 3.63) is 59.4 Å². The molecule has 140 valence electrons. The van der Waals surface area contributed by atoms with Crippen molar-refractivity contribution >= 4 is 33.4 Å². The first kappa shape index (κ1) is 18.8. The molecule has 0 bridgehead atoms. The highest BCUT2D eigenvalue weighted by Crippen LogP contribution is 2.22. The highest BCUT2D eigenvalue weighted by atomic mass is 32.1. The molecule has 0 saturated heterocycles. The van der Waals surface area contributed by atoms with Gasteiger partial charge in [0.15, 0.2) is 17.7 Å². The predicted octanol–water partition coefficient (Wildman–Crippen LogP) is 2.98. The van der Waals surface area contributed by atoms with Crippen LogP contribution in [0.2, 0.25) is 0 Å². The van der Waals surface area contributed by atoms with Gasteiger partial charge in [0.25, 0.3) is 5.91 Å². The second-order valence-electron chi connectivity index (χ2n) is 5.80. The molecule has 0 saturated carbocycles. The van der Waals surface area contributed by atoms with E-state index in [-0.39, 0.29) is 18.1 Å². The molecule has 0 spiro atoms. The normalized spacial score (nSPS) is 11.8. The molecule has 3 aromatic rings. The van der Waals surface area contributed by atoms with Crippen molar-refractivity contribution in [3.8, 4) is 5.75 Å². The summed E-state index contributed by atoms with van der Waals surface area (Å²) in [5.74, 6) is -1.51. The van der Waals surface area contributed by atoms with E-state index in [0.29, 0.717) is 6.42 Å². The van der Waals surface area contributed by atoms with Gasteiger partial charge in [-0.25, -0.2) is 9.37 Å². The van der Waals surface area contributed by atoms with E-state index >= 15 is 0 Å². The Morgan fingerprint density at radius 2 is 1.89 bits per heavy atom. The predicted molar refractivity (Wildman–Crippen MR) is 101 cm³/mol. The Morgan fingerprint density at radius 1 is 1.15 bits per heavy atom. The Hall–Kier alpha value is -3.00. The van der Waals surface area contributed by atoms with Gasteiger partial charge in [-0.05, 0) is 31.2 Å². The van der Waals surface area contributed by atoms with E-state index in [1.807, 2.05) is 24.3 Å². The molecule has 0 aliphatic rings. The van der Waals surface area contributed by atoms with Crippen LogP contribution in [0, 0.1) is 5.82 Å². The molecule has 2 N–H and O–H groups in total. The minimum atomic E-state index is -0.966. The van der Waals surface area contributed by atoms with Crippen LogP contribution < -0.4 is 15.6 Å². The third-order valence-corrected chi connectivity index (χ3v) is 4.84. The molecule has 0 unspecified atom stereocenters. The number of hydrogen-bond acceptors (Lipinski definition) is 5. The molecule has 2 aromatic carbocycles. The fraction of sp³-hybridized carbons (Fsp3) is 0.211. The largest absolute Gasteiger partial charge is 0.478 e. The average Bonchev–Trinajstić information content (AvgIpc) is 3.09. The number of halogens is 1. The topological polar surface area (TPSA) is 80.3 Å². The third-order valence-electron chi connectivity index (χ3n) is 3.74. The van der Waals surface area contributed by atoms with Gasteiger partial charge in [0.1, 0.15) is 0 Å². The Kier molecular flexibility index (Phi) is 5.97. The van der Waals surface area contributed by atoms with E-state index in [1.54, 1.807) is 6.07 Å². The Balaban J connectivity index is 1.44. The molecule has 3 rings (SSSR count). The monoisotopic (exact) mass is 387 g/mol. The summed E-state index contributed by atoms with van der Waals surface area (Å²) in [5, 5.41) is 0.855. The lowest BCUT2D eigenvalue weighted by Crippen LogP contribution is -2.47. The Morgan fingerprint density at radius 3 is 2.67 bits per heavy atom. The fourth-order valence-electron chi connectivity index (χ4n) is 2.33. The number of aromatic nitrogens is 1. The summed E-state index contributed by atoms with van der Waals surface area (Å²) >= 11 is 1.54. The molecule has 0 aliphatic heterocycles. The van der Waals surface area contributed by atoms with Crippen LogP contribution in [-0.2, 0) is 16.0 Å². The van der Waals surface area contributed by atoms with E-state index in [1.165, 1.54) is 36.5 Å². The van der Waals surface area contributed by atoms with Gasteiger partial charge >= 0.3 is 0 Å². The van der Waals surface area contributed by atoms with E-state index in [4.69, 9.17) is 4.74 Å². The van der Waals surface area contributed by atoms with Crippen molar-refractivity contribution in [1.29, 1.82) is 0 Å². The first-order chi connectivity index (χ1) is 13.0. The van der Waals surface area contributed by atoms with Gasteiger partial charge in [0.05, 0.1) is 15.2 Å². The smallest absolute Gasteiger partial charge is 0.279 e. The molecule has 0 fully saturated rings. The molecule has 6 nitrogen and oxygen atoms in total. The molecule has 27 heavy (non-hydrogen) atoms. The second-order valence-corrected chi connectivity index (χ2v) is 6.92. The van der Waals surface area contributed by atoms with Crippen LogP contribution in [0.1, 0.15) is 18.4 Å². The van der Waals surface area contributed by atoms with Crippen LogP contribution in [0.15, 0.2) is 48.5 Å². The van der Waals surface area contributed by atoms with Gasteiger partial charge in [0, 0.05) is 12.8 Å². The molecular weight excluding hydrogens is 369 g/mol. The Bertz CT molecular complexity index is 927. The Labute approximate surface area is 159 Å². The van der Waals surface area contributed by atoms with Crippen LogP contribution >= 0.6 is 11.3 Å². The molecule has 0 aliphatic carbocycles. The number of amides is 2. The van der Waals surface area contributed by atoms with Crippen LogP contribution in [0.4, 0.5) is 4.39 Å².